The Hall–Kier alpha value is -2.36. The van der Waals surface area contributed by atoms with E-state index < -0.39 is 0 Å². The Labute approximate surface area is 130 Å². The Kier molecular flexibility index (Phi) is 3.84. The van der Waals surface area contributed by atoms with Crippen LogP contribution >= 0.6 is 0 Å². The third-order valence-corrected chi connectivity index (χ3v) is 4.08. The number of rotatable bonds is 2. The normalized spacial score (nSPS) is 14.0. The Morgan fingerprint density at radius 1 is 1.09 bits per heavy atom. The van der Waals surface area contributed by atoms with Gasteiger partial charge in [-0.25, -0.2) is 4.39 Å². The van der Waals surface area contributed by atoms with Crippen LogP contribution in [-0.4, -0.2) is 26.0 Å². The number of carbonyl (C=O) groups excluding carboxylic acids is 1. The number of likely N-dealkylation sites (N-methyl/N-ethyl adjacent to an activating group) is 1. The zero-order chi connectivity index (χ0) is 15.7. The van der Waals surface area contributed by atoms with Gasteiger partial charge < -0.3 is 9.80 Å². The molecule has 0 aromatic heterocycles. The lowest BCUT2D eigenvalue weighted by Gasteiger charge is -2.35. The van der Waals surface area contributed by atoms with E-state index in [1.807, 2.05) is 43.1 Å². The average molecular weight is 298 g/mol. The minimum atomic E-state index is -0.317. The molecule has 0 unspecified atom stereocenters. The quantitative estimate of drug-likeness (QED) is 0.850. The topological polar surface area (TPSA) is 23.6 Å². The predicted molar refractivity (Wildman–Crippen MR) is 86.9 cm³/mol. The van der Waals surface area contributed by atoms with Gasteiger partial charge >= 0.3 is 0 Å². The summed E-state index contributed by atoms with van der Waals surface area (Å²) in [6, 6.07) is 12.5. The fourth-order valence-corrected chi connectivity index (χ4v) is 2.76. The lowest BCUT2D eigenvalue weighted by molar-refractivity contribution is -0.118. The van der Waals surface area contributed by atoms with Crippen molar-refractivity contribution in [3.8, 4) is 0 Å². The van der Waals surface area contributed by atoms with Gasteiger partial charge in [-0.05, 0) is 30.7 Å². The third-order valence-electron chi connectivity index (χ3n) is 4.08. The van der Waals surface area contributed by atoms with E-state index in [9.17, 15) is 9.18 Å². The van der Waals surface area contributed by atoms with Crippen molar-refractivity contribution >= 4 is 17.3 Å². The first-order valence-corrected chi connectivity index (χ1v) is 7.41. The summed E-state index contributed by atoms with van der Waals surface area (Å²) in [4.78, 5) is 16.4. The molecule has 0 aliphatic carbocycles. The van der Waals surface area contributed by atoms with Crippen LogP contribution in [0.3, 0.4) is 0 Å². The zero-order valence-corrected chi connectivity index (χ0v) is 12.8. The van der Waals surface area contributed by atoms with Crippen LogP contribution in [0.4, 0.5) is 15.8 Å². The summed E-state index contributed by atoms with van der Waals surface area (Å²) in [6.07, 6.45) is 0.333. The van der Waals surface area contributed by atoms with Gasteiger partial charge in [-0.15, -0.1) is 0 Å². The van der Waals surface area contributed by atoms with E-state index in [2.05, 4.69) is 0 Å². The molecule has 1 amide bonds. The summed E-state index contributed by atoms with van der Waals surface area (Å²) < 4.78 is 13.6. The molecule has 0 saturated heterocycles. The van der Waals surface area contributed by atoms with Crippen molar-refractivity contribution in [2.75, 3.05) is 29.9 Å². The molecule has 22 heavy (non-hydrogen) atoms. The maximum absolute atomic E-state index is 13.6. The molecule has 3 nitrogen and oxygen atoms in total. The summed E-state index contributed by atoms with van der Waals surface area (Å²) in [5, 5.41) is 0. The maximum Gasteiger partial charge on any atom is 0.231 e. The molecule has 2 aromatic rings. The van der Waals surface area contributed by atoms with E-state index in [1.165, 1.54) is 17.7 Å². The zero-order valence-electron chi connectivity index (χ0n) is 12.8. The summed E-state index contributed by atoms with van der Waals surface area (Å²) >= 11 is 0. The Morgan fingerprint density at radius 2 is 1.82 bits per heavy atom. The number of fused-ring (bicyclic) bond motifs is 1. The highest BCUT2D eigenvalue weighted by molar-refractivity contribution is 5.98. The number of anilines is 2. The molecule has 1 aliphatic heterocycles. The van der Waals surface area contributed by atoms with Crippen LogP contribution in [0.25, 0.3) is 0 Å². The van der Waals surface area contributed by atoms with Crippen molar-refractivity contribution in [3.05, 3.63) is 59.4 Å². The van der Waals surface area contributed by atoms with Gasteiger partial charge in [0.05, 0.1) is 17.8 Å². The van der Waals surface area contributed by atoms with Crippen LogP contribution in [0.5, 0.6) is 0 Å². The molecular formula is C18H19FN2O. The van der Waals surface area contributed by atoms with Crippen LogP contribution in [0.2, 0.25) is 0 Å². The van der Waals surface area contributed by atoms with Gasteiger partial charge in [-0.3, -0.25) is 4.79 Å². The van der Waals surface area contributed by atoms with Crippen molar-refractivity contribution in [2.24, 2.45) is 0 Å². The van der Waals surface area contributed by atoms with Crippen molar-refractivity contribution < 1.29 is 9.18 Å². The van der Waals surface area contributed by atoms with Gasteiger partial charge in [0.25, 0.3) is 0 Å². The minimum Gasteiger partial charge on any atom is -0.371 e. The van der Waals surface area contributed by atoms with Gasteiger partial charge in [0.2, 0.25) is 5.91 Å². The summed E-state index contributed by atoms with van der Waals surface area (Å²) in [5.74, 6) is -0.314. The monoisotopic (exact) mass is 298 g/mol. The molecule has 0 bridgehead atoms. The molecule has 0 atom stereocenters. The van der Waals surface area contributed by atoms with E-state index in [0.717, 1.165) is 17.8 Å². The predicted octanol–water partition coefficient (Wildman–Crippen LogP) is 3.16. The molecule has 0 N–H and O–H groups in total. The van der Waals surface area contributed by atoms with Crippen LogP contribution in [0, 0.1) is 12.7 Å². The number of benzene rings is 2. The Morgan fingerprint density at radius 3 is 2.55 bits per heavy atom. The molecule has 4 heteroatoms. The smallest absolute Gasteiger partial charge is 0.231 e. The van der Waals surface area contributed by atoms with Crippen molar-refractivity contribution in [1.29, 1.82) is 0 Å². The number of carbonyl (C=O) groups is 1. The first-order valence-electron chi connectivity index (χ1n) is 7.41. The Balaban J connectivity index is 1.86. The molecule has 0 fully saturated rings. The molecule has 0 radical (unpaired) electrons. The summed E-state index contributed by atoms with van der Waals surface area (Å²) in [7, 11) is 1.96. The number of hydrogen-bond donors (Lipinski definition) is 0. The molecule has 3 rings (SSSR count). The fourth-order valence-electron chi connectivity index (χ4n) is 2.76. The van der Waals surface area contributed by atoms with Crippen molar-refractivity contribution in [2.45, 2.75) is 13.3 Å². The number of aryl methyl sites for hydroxylation is 1. The Bertz CT molecular complexity index is 697. The number of nitrogens with zero attached hydrogens (tertiary/aromatic N) is 2. The lowest BCUT2D eigenvalue weighted by atomic mass is 10.1. The highest BCUT2D eigenvalue weighted by Gasteiger charge is 2.25. The number of hydrogen-bond acceptors (Lipinski definition) is 2. The molecule has 1 heterocycles. The van der Waals surface area contributed by atoms with E-state index in [-0.39, 0.29) is 11.7 Å². The van der Waals surface area contributed by atoms with E-state index in [4.69, 9.17) is 0 Å². The third kappa shape index (κ3) is 2.82. The second-order valence-electron chi connectivity index (χ2n) is 5.76. The standard InChI is InChI=1S/C18H19FN2O/c1-13-3-5-14(6-4-13)11-18(22)21-10-9-20(2)16-8-7-15(19)12-17(16)21/h3-8,12H,9-11H2,1-2H3. The van der Waals surface area contributed by atoms with E-state index in [0.29, 0.717) is 18.7 Å². The van der Waals surface area contributed by atoms with Crippen LogP contribution in [0.15, 0.2) is 42.5 Å². The lowest BCUT2D eigenvalue weighted by Crippen LogP contribution is -2.43. The molecule has 1 aliphatic rings. The highest BCUT2D eigenvalue weighted by Crippen LogP contribution is 2.33. The molecule has 0 saturated carbocycles. The highest BCUT2D eigenvalue weighted by atomic mass is 19.1. The van der Waals surface area contributed by atoms with Crippen molar-refractivity contribution in [1.82, 2.24) is 0 Å². The maximum atomic E-state index is 13.6. The summed E-state index contributed by atoms with van der Waals surface area (Å²) in [6.45, 7) is 3.35. The van der Waals surface area contributed by atoms with Crippen LogP contribution in [0.1, 0.15) is 11.1 Å². The molecule has 2 aromatic carbocycles. The van der Waals surface area contributed by atoms with Gasteiger partial charge in [0.15, 0.2) is 0 Å². The fraction of sp³-hybridized carbons (Fsp3) is 0.278. The van der Waals surface area contributed by atoms with Gasteiger partial charge in [-0.2, -0.15) is 0 Å². The minimum absolute atomic E-state index is 0.00352. The average Bonchev–Trinajstić information content (AvgIpc) is 2.49. The molecule has 114 valence electrons. The van der Waals surface area contributed by atoms with E-state index >= 15 is 0 Å². The summed E-state index contributed by atoms with van der Waals surface area (Å²) in [5.41, 5.74) is 3.70. The second-order valence-corrected chi connectivity index (χ2v) is 5.76. The first-order chi connectivity index (χ1) is 10.5. The molecular weight excluding hydrogens is 279 g/mol. The van der Waals surface area contributed by atoms with Crippen LogP contribution < -0.4 is 9.80 Å². The van der Waals surface area contributed by atoms with Crippen molar-refractivity contribution in [3.63, 3.8) is 0 Å². The largest absolute Gasteiger partial charge is 0.371 e. The van der Waals surface area contributed by atoms with Gasteiger partial charge in [0, 0.05) is 20.1 Å². The van der Waals surface area contributed by atoms with Gasteiger partial charge in [0.1, 0.15) is 5.82 Å². The number of halogens is 1. The van der Waals surface area contributed by atoms with Crippen LogP contribution in [-0.2, 0) is 11.2 Å². The van der Waals surface area contributed by atoms with E-state index in [1.54, 1.807) is 11.0 Å². The molecule has 0 spiro atoms. The number of amides is 1. The SMILES string of the molecule is Cc1ccc(CC(=O)N2CCN(C)c3ccc(F)cc32)cc1. The first kappa shape index (κ1) is 14.6. The second kappa shape index (κ2) is 5.79. The van der Waals surface area contributed by atoms with Gasteiger partial charge in [-0.1, -0.05) is 29.8 Å².